The molecule has 1 aliphatic carbocycles. The number of aromatic carboxylic acids is 1. The molecule has 2 heterocycles. The highest BCUT2D eigenvalue weighted by Gasteiger charge is 2.45. The Morgan fingerprint density at radius 2 is 2.12 bits per heavy atom. The molecule has 0 bridgehead atoms. The van der Waals surface area contributed by atoms with E-state index in [0.717, 1.165) is 56.5 Å². The molecule has 1 aromatic rings. The minimum absolute atomic E-state index is 0.0388. The van der Waals surface area contributed by atoms with Gasteiger partial charge >= 0.3 is 5.97 Å². The molecule has 2 saturated heterocycles. The molecule has 2 aliphatic heterocycles. The first-order chi connectivity index (χ1) is 12.6. The van der Waals surface area contributed by atoms with E-state index < -0.39 is 5.97 Å². The van der Waals surface area contributed by atoms with Crippen molar-refractivity contribution in [3.8, 4) is 0 Å². The molecule has 4 rings (SSSR count). The van der Waals surface area contributed by atoms with Gasteiger partial charge in [-0.05, 0) is 43.2 Å². The van der Waals surface area contributed by atoms with Crippen LogP contribution in [0.15, 0.2) is 24.3 Å². The van der Waals surface area contributed by atoms with Crippen LogP contribution in [-0.4, -0.2) is 53.4 Å². The van der Waals surface area contributed by atoms with Crippen molar-refractivity contribution in [3.05, 3.63) is 35.4 Å². The fourth-order valence-electron chi connectivity index (χ4n) is 4.73. The first-order valence-electron chi connectivity index (χ1n) is 10.0. The molecular weight excluding hydrogens is 328 g/mol. The molecule has 3 atom stereocenters. The summed E-state index contributed by atoms with van der Waals surface area (Å²) < 4.78 is 6.27. The zero-order valence-corrected chi connectivity index (χ0v) is 15.6. The van der Waals surface area contributed by atoms with Gasteiger partial charge in [0.1, 0.15) is 0 Å². The molecule has 5 heteroatoms. The minimum atomic E-state index is -0.840. The summed E-state index contributed by atoms with van der Waals surface area (Å²) in [6.07, 6.45) is 5.82. The highest BCUT2D eigenvalue weighted by molar-refractivity contribution is 5.89. The van der Waals surface area contributed by atoms with Crippen molar-refractivity contribution in [3.63, 3.8) is 0 Å². The molecule has 0 radical (unpaired) electrons. The van der Waals surface area contributed by atoms with E-state index in [1.807, 2.05) is 12.1 Å². The summed E-state index contributed by atoms with van der Waals surface area (Å²) in [5.41, 5.74) is 1.36. The van der Waals surface area contributed by atoms with Gasteiger partial charge < -0.3 is 15.2 Å². The summed E-state index contributed by atoms with van der Waals surface area (Å²) in [6.45, 7) is 5.77. The molecule has 142 valence electrons. The monoisotopic (exact) mass is 358 g/mol. The molecule has 3 fully saturated rings. The molecule has 1 saturated carbocycles. The van der Waals surface area contributed by atoms with Crippen molar-refractivity contribution in [1.29, 1.82) is 0 Å². The Morgan fingerprint density at radius 1 is 1.35 bits per heavy atom. The predicted octanol–water partition coefficient (Wildman–Crippen LogP) is 2.90. The molecule has 0 aromatic heterocycles. The number of carboxylic acids is 1. The Labute approximate surface area is 155 Å². The maximum Gasteiger partial charge on any atom is 0.336 e. The van der Waals surface area contributed by atoms with Crippen molar-refractivity contribution >= 4 is 5.97 Å². The Hall–Kier alpha value is -1.43. The maximum absolute atomic E-state index is 11.4. The van der Waals surface area contributed by atoms with E-state index in [4.69, 9.17) is 4.74 Å². The van der Waals surface area contributed by atoms with Gasteiger partial charge in [-0.3, -0.25) is 4.90 Å². The van der Waals surface area contributed by atoms with Crippen LogP contribution < -0.4 is 5.32 Å². The second-order valence-corrected chi connectivity index (χ2v) is 8.31. The number of nitrogens with zero attached hydrogens (tertiary/aromatic N) is 1. The van der Waals surface area contributed by atoms with Crippen molar-refractivity contribution in [1.82, 2.24) is 10.2 Å². The summed E-state index contributed by atoms with van der Waals surface area (Å²) in [5, 5.41) is 13.2. The van der Waals surface area contributed by atoms with Gasteiger partial charge in [0.25, 0.3) is 0 Å². The lowest BCUT2D eigenvalue weighted by atomic mass is 9.87. The average Bonchev–Trinajstić information content (AvgIpc) is 3.29. The van der Waals surface area contributed by atoms with Crippen molar-refractivity contribution in [2.45, 2.75) is 63.3 Å². The van der Waals surface area contributed by atoms with Crippen LogP contribution in [0.1, 0.15) is 54.9 Å². The van der Waals surface area contributed by atoms with Crippen LogP contribution in [-0.2, 0) is 11.3 Å². The van der Waals surface area contributed by atoms with Gasteiger partial charge in [0.15, 0.2) is 0 Å². The van der Waals surface area contributed by atoms with E-state index in [2.05, 4.69) is 17.1 Å². The maximum atomic E-state index is 11.4. The van der Waals surface area contributed by atoms with Gasteiger partial charge in [-0.2, -0.15) is 0 Å². The Balaban J connectivity index is 1.29. The van der Waals surface area contributed by atoms with Crippen LogP contribution in [0.25, 0.3) is 0 Å². The molecule has 1 unspecified atom stereocenters. The van der Waals surface area contributed by atoms with E-state index in [1.165, 1.54) is 12.8 Å². The van der Waals surface area contributed by atoms with Crippen LogP contribution in [0.4, 0.5) is 0 Å². The molecule has 1 aromatic carbocycles. The predicted molar refractivity (Wildman–Crippen MR) is 100 cm³/mol. The molecule has 26 heavy (non-hydrogen) atoms. The molecule has 1 spiro atoms. The van der Waals surface area contributed by atoms with Gasteiger partial charge in [-0.1, -0.05) is 31.5 Å². The number of hydrogen-bond donors (Lipinski definition) is 2. The lowest BCUT2D eigenvalue weighted by Gasteiger charge is -2.38. The largest absolute Gasteiger partial charge is 0.478 e. The summed E-state index contributed by atoms with van der Waals surface area (Å²) in [6, 6.07) is 8.57. The number of carboxylic acid groups (broad SMARTS) is 1. The van der Waals surface area contributed by atoms with E-state index in [1.54, 1.807) is 12.1 Å². The fourth-order valence-corrected chi connectivity index (χ4v) is 4.73. The Morgan fingerprint density at radius 3 is 2.81 bits per heavy atom. The molecule has 3 aliphatic rings. The van der Waals surface area contributed by atoms with Crippen LogP contribution in [0.5, 0.6) is 0 Å². The van der Waals surface area contributed by atoms with Gasteiger partial charge in [-0.25, -0.2) is 4.79 Å². The fraction of sp³-hybridized carbons (Fsp3) is 0.667. The lowest BCUT2D eigenvalue weighted by Crippen LogP contribution is -2.44. The van der Waals surface area contributed by atoms with Gasteiger partial charge in [0.2, 0.25) is 0 Å². The highest BCUT2D eigenvalue weighted by Crippen LogP contribution is 2.39. The minimum Gasteiger partial charge on any atom is -0.478 e. The van der Waals surface area contributed by atoms with Crippen LogP contribution in [0.3, 0.4) is 0 Å². The van der Waals surface area contributed by atoms with Gasteiger partial charge in [-0.15, -0.1) is 0 Å². The lowest BCUT2D eigenvalue weighted by molar-refractivity contribution is -0.0449. The third-order valence-corrected chi connectivity index (χ3v) is 6.51. The number of ether oxygens (including phenoxy) is 1. The summed E-state index contributed by atoms with van der Waals surface area (Å²) in [4.78, 5) is 13.8. The third kappa shape index (κ3) is 3.80. The van der Waals surface area contributed by atoms with E-state index in [9.17, 15) is 9.90 Å². The number of piperidine rings is 1. The van der Waals surface area contributed by atoms with Crippen molar-refractivity contribution in [2.24, 2.45) is 5.92 Å². The SMILES string of the molecule is CC[C@@H]1C[C@H]1NC1COC2(CCN(Cc3ccccc3C(=O)O)CC2)C1. The zero-order valence-electron chi connectivity index (χ0n) is 15.6. The Bertz CT molecular complexity index is 654. The molecule has 0 amide bonds. The highest BCUT2D eigenvalue weighted by atomic mass is 16.5. The summed E-state index contributed by atoms with van der Waals surface area (Å²) >= 11 is 0. The first kappa shape index (κ1) is 18.0. The number of hydrogen-bond acceptors (Lipinski definition) is 4. The number of carbonyl (C=O) groups is 1. The third-order valence-electron chi connectivity index (χ3n) is 6.51. The smallest absolute Gasteiger partial charge is 0.336 e. The number of rotatable bonds is 6. The summed E-state index contributed by atoms with van der Waals surface area (Å²) in [5.74, 6) is 0.0373. The van der Waals surface area contributed by atoms with Crippen LogP contribution in [0.2, 0.25) is 0 Å². The second-order valence-electron chi connectivity index (χ2n) is 8.31. The topological polar surface area (TPSA) is 61.8 Å². The average molecular weight is 358 g/mol. The quantitative estimate of drug-likeness (QED) is 0.819. The van der Waals surface area contributed by atoms with Crippen LogP contribution >= 0.6 is 0 Å². The zero-order chi connectivity index (χ0) is 18.1. The normalized spacial score (nSPS) is 30.6. The standard InChI is InChI=1S/C21H30N2O3/c1-2-15-11-19(15)22-17-12-21(26-14-17)7-9-23(10-8-21)13-16-5-3-4-6-18(16)20(24)25/h3-6,15,17,19,22H,2,7-14H2,1H3,(H,24,25)/t15-,17?,19-/m1/s1. The molecule has 2 N–H and O–H groups in total. The number of benzene rings is 1. The summed E-state index contributed by atoms with van der Waals surface area (Å²) in [7, 11) is 0. The molecular formula is C21H30N2O3. The van der Waals surface area contributed by atoms with Gasteiger partial charge in [0, 0.05) is 31.7 Å². The second kappa shape index (κ2) is 7.29. The number of nitrogens with one attached hydrogen (secondary N) is 1. The van der Waals surface area contributed by atoms with E-state index in [0.29, 0.717) is 18.2 Å². The Kier molecular flexibility index (Phi) is 5.04. The van der Waals surface area contributed by atoms with Gasteiger partial charge in [0.05, 0.1) is 17.8 Å². The van der Waals surface area contributed by atoms with Crippen molar-refractivity contribution in [2.75, 3.05) is 19.7 Å². The first-order valence-corrected chi connectivity index (χ1v) is 10.0. The van der Waals surface area contributed by atoms with E-state index in [-0.39, 0.29) is 5.60 Å². The van der Waals surface area contributed by atoms with Crippen LogP contribution in [0, 0.1) is 5.92 Å². The van der Waals surface area contributed by atoms with Crippen molar-refractivity contribution < 1.29 is 14.6 Å². The molecule has 5 nitrogen and oxygen atoms in total. The van der Waals surface area contributed by atoms with E-state index >= 15 is 0 Å². The number of likely N-dealkylation sites (tertiary alicyclic amines) is 1.